The van der Waals surface area contributed by atoms with Crippen molar-refractivity contribution in [3.63, 3.8) is 0 Å². The first-order valence-electron chi connectivity index (χ1n) is 9.28. The van der Waals surface area contributed by atoms with Crippen LogP contribution in [0.15, 0.2) is 0 Å². The number of nitrogens with one attached hydrogen (secondary N) is 3. The van der Waals surface area contributed by atoms with Crippen molar-refractivity contribution in [1.29, 1.82) is 0 Å². The van der Waals surface area contributed by atoms with Gasteiger partial charge in [-0.1, -0.05) is 0 Å². The average Bonchev–Trinajstić information content (AvgIpc) is 2.60. The fraction of sp³-hybridized carbons (Fsp3) is 0.824. The van der Waals surface area contributed by atoms with Crippen LogP contribution >= 0.6 is 0 Å². The van der Waals surface area contributed by atoms with Crippen molar-refractivity contribution in [3.8, 4) is 0 Å². The maximum atomic E-state index is 13.0. The van der Waals surface area contributed by atoms with Gasteiger partial charge in [0.1, 0.15) is 17.7 Å². The van der Waals surface area contributed by atoms with Crippen LogP contribution in [0.5, 0.6) is 0 Å². The van der Waals surface area contributed by atoms with Gasteiger partial charge in [0.25, 0.3) is 5.91 Å². The van der Waals surface area contributed by atoms with Crippen LogP contribution < -0.4 is 16.1 Å². The van der Waals surface area contributed by atoms with Gasteiger partial charge in [-0.2, -0.15) is 0 Å². The molecule has 0 aromatic heterocycles. The molecule has 2 amide bonds. The minimum atomic E-state index is -1.01. The summed E-state index contributed by atoms with van der Waals surface area (Å²) >= 11 is 0. The van der Waals surface area contributed by atoms with E-state index in [-0.39, 0.29) is 12.5 Å². The number of carboxylic acids is 1. The summed E-state index contributed by atoms with van der Waals surface area (Å²) in [4.78, 5) is 36.4. The summed E-state index contributed by atoms with van der Waals surface area (Å²) in [7, 11) is 0. The molecule has 2 saturated heterocycles. The summed E-state index contributed by atoms with van der Waals surface area (Å²) in [6.07, 6.45) is 0.343. The van der Waals surface area contributed by atoms with E-state index in [0.29, 0.717) is 32.5 Å². The van der Waals surface area contributed by atoms with Crippen LogP contribution in [0.4, 0.5) is 4.79 Å². The summed E-state index contributed by atoms with van der Waals surface area (Å²) < 4.78 is 10.9. The topological polar surface area (TPSA) is 129 Å². The third-order valence-corrected chi connectivity index (χ3v) is 4.24. The lowest BCUT2D eigenvalue weighted by molar-refractivity contribution is -0.148. The lowest BCUT2D eigenvalue weighted by Gasteiger charge is -2.35. The van der Waals surface area contributed by atoms with E-state index in [2.05, 4.69) is 16.1 Å². The van der Waals surface area contributed by atoms with E-state index in [1.807, 2.05) is 0 Å². The van der Waals surface area contributed by atoms with Gasteiger partial charge >= 0.3 is 12.1 Å². The van der Waals surface area contributed by atoms with Gasteiger partial charge in [0.05, 0.1) is 12.7 Å². The second-order valence-electron chi connectivity index (χ2n) is 7.78. The highest BCUT2D eigenvalue weighted by atomic mass is 16.6. The van der Waals surface area contributed by atoms with Crippen LogP contribution in [0, 0.1) is 0 Å². The Kier molecular flexibility index (Phi) is 7.40. The van der Waals surface area contributed by atoms with Crippen LogP contribution in [0.25, 0.3) is 0 Å². The minimum Gasteiger partial charge on any atom is -0.480 e. The molecule has 4 N–H and O–H groups in total. The highest BCUT2D eigenvalue weighted by Gasteiger charge is 2.34. The van der Waals surface area contributed by atoms with Crippen molar-refractivity contribution in [2.24, 2.45) is 0 Å². The Bertz CT molecular complexity index is 544. The second-order valence-corrected chi connectivity index (χ2v) is 7.78. The number of morpholine rings is 1. The van der Waals surface area contributed by atoms with Crippen molar-refractivity contribution in [1.82, 2.24) is 21.1 Å². The monoisotopic (exact) mass is 386 g/mol. The van der Waals surface area contributed by atoms with Gasteiger partial charge in [-0.05, 0) is 33.6 Å². The first kappa shape index (κ1) is 21.4. The predicted octanol–water partition coefficient (Wildman–Crippen LogP) is -0.162. The van der Waals surface area contributed by atoms with E-state index in [1.165, 1.54) is 5.01 Å². The molecule has 0 aromatic rings. The first-order chi connectivity index (χ1) is 12.7. The predicted molar refractivity (Wildman–Crippen MR) is 95.9 cm³/mol. The Morgan fingerprint density at radius 2 is 2.11 bits per heavy atom. The van der Waals surface area contributed by atoms with Crippen LogP contribution in [0.1, 0.15) is 40.0 Å². The number of rotatable bonds is 5. The molecule has 3 atom stereocenters. The van der Waals surface area contributed by atoms with E-state index in [4.69, 9.17) is 9.47 Å². The summed E-state index contributed by atoms with van der Waals surface area (Å²) in [5.41, 5.74) is 2.03. The molecule has 154 valence electrons. The van der Waals surface area contributed by atoms with Gasteiger partial charge < -0.3 is 25.2 Å². The van der Waals surface area contributed by atoms with Crippen molar-refractivity contribution in [2.75, 3.05) is 26.2 Å². The molecule has 0 bridgehead atoms. The van der Waals surface area contributed by atoms with Crippen molar-refractivity contribution < 1.29 is 29.0 Å². The van der Waals surface area contributed by atoms with E-state index in [9.17, 15) is 19.5 Å². The van der Waals surface area contributed by atoms with Crippen LogP contribution in [-0.2, 0) is 19.1 Å². The standard InChI is InChI=1S/C17H30N4O6/c1-17(2,3)27-16(25)19-13(9-11-10-18-6-8-26-11)14(22)21-7-4-5-12(20-21)15(23)24/h11-13,18,20H,4-10H2,1-3H3,(H,19,25)(H,23,24)/t11-,12?,13-/m0/s1. The van der Waals surface area contributed by atoms with E-state index >= 15 is 0 Å². The number of carboxylic acid groups (broad SMARTS) is 1. The molecule has 2 rings (SSSR count). The van der Waals surface area contributed by atoms with Gasteiger partial charge in [0.15, 0.2) is 0 Å². The van der Waals surface area contributed by atoms with Crippen LogP contribution in [-0.4, -0.2) is 78.1 Å². The zero-order valence-electron chi connectivity index (χ0n) is 16.1. The molecule has 0 saturated carbocycles. The zero-order chi connectivity index (χ0) is 20.0. The van der Waals surface area contributed by atoms with Gasteiger partial charge in [0.2, 0.25) is 0 Å². The Hall–Kier alpha value is -1.91. The Morgan fingerprint density at radius 3 is 2.70 bits per heavy atom. The molecule has 2 fully saturated rings. The smallest absolute Gasteiger partial charge is 0.408 e. The van der Waals surface area contributed by atoms with Crippen molar-refractivity contribution >= 4 is 18.0 Å². The maximum absolute atomic E-state index is 13.0. The number of carbonyl (C=O) groups excluding carboxylic acids is 2. The van der Waals surface area contributed by atoms with Gasteiger partial charge in [-0.3, -0.25) is 14.6 Å². The van der Waals surface area contributed by atoms with Gasteiger partial charge in [-0.15, -0.1) is 0 Å². The Morgan fingerprint density at radius 1 is 1.37 bits per heavy atom. The SMILES string of the molecule is CC(C)(C)OC(=O)N[C@@H](C[C@H]1CNCCO1)C(=O)N1CCCC(C(=O)O)N1. The van der Waals surface area contributed by atoms with Gasteiger partial charge in [-0.25, -0.2) is 10.2 Å². The molecule has 2 aliphatic rings. The molecule has 0 radical (unpaired) electrons. The molecular formula is C17H30N4O6. The number of nitrogens with zero attached hydrogens (tertiary/aromatic N) is 1. The largest absolute Gasteiger partial charge is 0.480 e. The van der Waals surface area contributed by atoms with E-state index in [0.717, 1.165) is 6.54 Å². The quantitative estimate of drug-likeness (QED) is 0.513. The third-order valence-electron chi connectivity index (χ3n) is 4.24. The molecule has 0 aromatic carbocycles. The van der Waals surface area contributed by atoms with Crippen molar-refractivity contribution in [2.45, 2.75) is 63.8 Å². The molecule has 2 heterocycles. The minimum absolute atomic E-state index is 0.234. The fourth-order valence-corrected chi connectivity index (χ4v) is 3.02. The Balaban J connectivity index is 2.05. The summed E-state index contributed by atoms with van der Waals surface area (Å²) in [5, 5.41) is 16.3. The second kappa shape index (κ2) is 9.34. The lowest BCUT2D eigenvalue weighted by atomic mass is 10.1. The summed E-state index contributed by atoms with van der Waals surface area (Å²) in [6, 6.07) is -1.71. The number of carbonyl (C=O) groups is 3. The molecule has 10 heteroatoms. The highest BCUT2D eigenvalue weighted by molar-refractivity contribution is 5.86. The summed E-state index contributed by atoms with van der Waals surface area (Å²) in [6.45, 7) is 7.43. The van der Waals surface area contributed by atoms with Crippen LogP contribution in [0.3, 0.4) is 0 Å². The van der Waals surface area contributed by atoms with Crippen molar-refractivity contribution in [3.05, 3.63) is 0 Å². The lowest BCUT2D eigenvalue weighted by Crippen LogP contribution is -2.60. The van der Waals surface area contributed by atoms with E-state index < -0.39 is 35.7 Å². The van der Waals surface area contributed by atoms with E-state index in [1.54, 1.807) is 20.8 Å². The van der Waals surface area contributed by atoms with Gasteiger partial charge in [0, 0.05) is 26.1 Å². The van der Waals surface area contributed by atoms with Crippen LogP contribution in [0.2, 0.25) is 0 Å². The average molecular weight is 386 g/mol. The third kappa shape index (κ3) is 6.96. The zero-order valence-corrected chi connectivity index (χ0v) is 16.1. The molecule has 2 aliphatic heterocycles. The maximum Gasteiger partial charge on any atom is 0.408 e. The number of hydrazine groups is 1. The number of hydrogen-bond donors (Lipinski definition) is 4. The first-order valence-corrected chi connectivity index (χ1v) is 9.28. The normalized spacial score (nSPS) is 24.8. The molecule has 27 heavy (non-hydrogen) atoms. The Labute approximate surface area is 158 Å². The molecular weight excluding hydrogens is 356 g/mol. The number of aliphatic carboxylic acids is 1. The number of ether oxygens (including phenoxy) is 2. The molecule has 1 unspecified atom stereocenters. The molecule has 0 spiro atoms. The fourth-order valence-electron chi connectivity index (χ4n) is 3.02. The number of hydrogen-bond acceptors (Lipinski definition) is 7. The number of alkyl carbamates (subject to hydrolysis) is 1. The highest BCUT2D eigenvalue weighted by Crippen LogP contribution is 2.14. The number of amides is 2. The molecule has 10 nitrogen and oxygen atoms in total. The summed E-state index contributed by atoms with van der Waals surface area (Å²) in [5.74, 6) is -1.41. The molecule has 0 aliphatic carbocycles.